The maximum Gasteiger partial charge on any atom is 0.264 e. The van der Waals surface area contributed by atoms with Crippen molar-refractivity contribution in [1.29, 1.82) is 0 Å². The quantitative estimate of drug-likeness (QED) is 0.920. The topological polar surface area (TPSA) is 64.1 Å². The fourth-order valence-electron chi connectivity index (χ4n) is 1.35. The first-order chi connectivity index (χ1) is 9.54. The summed E-state index contributed by atoms with van der Waals surface area (Å²) < 4.78 is 5.34. The van der Waals surface area contributed by atoms with Crippen LogP contribution in [-0.2, 0) is 4.79 Å². The highest BCUT2D eigenvalue weighted by Gasteiger charge is 2.10. The average Bonchev–Trinajstić information content (AvgIpc) is 2.87. The van der Waals surface area contributed by atoms with E-state index in [0.29, 0.717) is 21.8 Å². The van der Waals surface area contributed by atoms with E-state index in [-0.39, 0.29) is 12.5 Å². The van der Waals surface area contributed by atoms with Crippen molar-refractivity contribution in [3.63, 3.8) is 0 Å². The predicted octanol–water partition coefficient (Wildman–Crippen LogP) is 3.33. The predicted molar refractivity (Wildman–Crippen MR) is 79.6 cm³/mol. The monoisotopic (exact) mass is 311 g/mol. The Morgan fingerprint density at radius 1 is 1.35 bits per heavy atom. The second-order valence-corrected chi connectivity index (χ2v) is 5.84. The molecule has 1 amide bonds. The summed E-state index contributed by atoms with van der Waals surface area (Å²) in [4.78, 5) is 11.7. The van der Waals surface area contributed by atoms with Gasteiger partial charge in [-0.1, -0.05) is 36.8 Å². The van der Waals surface area contributed by atoms with Gasteiger partial charge in [-0.15, -0.1) is 10.2 Å². The maximum absolute atomic E-state index is 11.7. The molecule has 0 radical (unpaired) electrons. The smallest absolute Gasteiger partial charge is 0.264 e. The van der Waals surface area contributed by atoms with Gasteiger partial charge in [0.15, 0.2) is 6.61 Å². The third kappa shape index (κ3) is 4.18. The van der Waals surface area contributed by atoms with Crippen molar-refractivity contribution in [3.05, 3.63) is 34.3 Å². The molecule has 0 bridgehead atoms. The number of carbonyl (C=O) groups is 1. The molecule has 7 heteroatoms. The van der Waals surface area contributed by atoms with E-state index in [1.165, 1.54) is 11.3 Å². The molecule has 1 heterocycles. The zero-order valence-corrected chi connectivity index (χ0v) is 12.7. The molecule has 0 saturated heterocycles. The van der Waals surface area contributed by atoms with Crippen LogP contribution in [0.25, 0.3) is 0 Å². The first kappa shape index (κ1) is 14.7. The van der Waals surface area contributed by atoms with Crippen molar-refractivity contribution in [2.45, 2.75) is 19.8 Å². The van der Waals surface area contributed by atoms with Gasteiger partial charge in [0, 0.05) is 10.9 Å². The molecule has 106 valence electrons. The summed E-state index contributed by atoms with van der Waals surface area (Å²) in [6, 6.07) is 6.82. The third-order valence-corrected chi connectivity index (χ3v) is 3.76. The van der Waals surface area contributed by atoms with Crippen molar-refractivity contribution in [1.82, 2.24) is 10.2 Å². The molecular weight excluding hydrogens is 298 g/mol. The molecule has 5 nitrogen and oxygen atoms in total. The molecular formula is C13H14ClN3O2S. The van der Waals surface area contributed by atoms with Gasteiger partial charge in [0.1, 0.15) is 10.8 Å². The molecule has 20 heavy (non-hydrogen) atoms. The van der Waals surface area contributed by atoms with Crippen LogP contribution in [0.15, 0.2) is 24.3 Å². The second kappa shape index (κ2) is 6.67. The maximum atomic E-state index is 11.7. The minimum atomic E-state index is -0.272. The Labute approximate surface area is 125 Å². The van der Waals surface area contributed by atoms with Gasteiger partial charge in [-0.25, -0.2) is 0 Å². The molecule has 0 aliphatic carbocycles. The van der Waals surface area contributed by atoms with E-state index in [9.17, 15) is 4.79 Å². The van der Waals surface area contributed by atoms with E-state index in [2.05, 4.69) is 15.5 Å². The lowest BCUT2D eigenvalue weighted by atomic mass is 10.2. The van der Waals surface area contributed by atoms with E-state index in [0.717, 1.165) is 5.01 Å². The van der Waals surface area contributed by atoms with Gasteiger partial charge in [0.25, 0.3) is 5.91 Å². The van der Waals surface area contributed by atoms with Crippen LogP contribution in [0.5, 0.6) is 5.75 Å². The summed E-state index contributed by atoms with van der Waals surface area (Å²) in [6.45, 7) is 3.96. The van der Waals surface area contributed by atoms with Gasteiger partial charge in [-0.3, -0.25) is 10.1 Å². The Kier molecular flexibility index (Phi) is 4.92. The van der Waals surface area contributed by atoms with Gasteiger partial charge in [-0.05, 0) is 24.3 Å². The number of anilines is 1. The molecule has 0 saturated carbocycles. The molecule has 0 spiro atoms. The van der Waals surface area contributed by atoms with E-state index in [4.69, 9.17) is 16.3 Å². The zero-order valence-electron chi connectivity index (χ0n) is 11.1. The third-order valence-electron chi connectivity index (χ3n) is 2.36. The van der Waals surface area contributed by atoms with Crippen molar-refractivity contribution < 1.29 is 9.53 Å². The molecule has 0 atom stereocenters. The minimum Gasteiger partial charge on any atom is -0.484 e. The van der Waals surface area contributed by atoms with Gasteiger partial charge < -0.3 is 4.74 Å². The Balaban J connectivity index is 1.84. The molecule has 2 rings (SSSR count). The molecule has 0 fully saturated rings. The van der Waals surface area contributed by atoms with E-state index >= 15 is 0 Å². The van der Waals surface area contributed by atoms with Crippen LogP contribution >= 0.6 is 22.9 Å². The molecule has 1 N–H and O–H groups in total. The Morgan fingerprint density at radius 2 is 2.05 bits per heavy atom. The fraction of sp³-hybridized carbons (Fsp3) is 0.308. The van der Waals surface area contributed by atoms with Gasteiger partial charge in [0.05, 0.1) is 0 Å². The number of carbonyl (C=O) groups excluding carboxylic acids is 1. The number of nitrogens with zero attached hydrogens (tertiary/aromatic N) is 2. The van der Waals surface area contributed by atoms with Crippen LogP contribution in [0.1, 0.15) is 24.8 Å². The first-order valence-corrected chi connectivity index (χ1v) is 7.25. The van der Waals surface area contributed by atoms with Crippen molar-refractivity contribution in [2.75, 3.05) is 11.9 Å². The first-order valence-electron chi connectivity index (χ1n) is 6.06. The van der Waals surface area contributed by atoms with Crippen LogP contribution < -0.4 is 10.1 Å². The zero-order chi connectivity index (χ0) is 14.5. The SMILES string of the molecule is CC(C)c1nnc(NC(=O)COc2ccc(Cl)cc2)s1. The largest absolute Gasteiger partial charge is 0.484 e. The van der Waals surface area contributed by atoms with E-state index in [1.54, 1.807) is 24.3 Å². The van der Waals surface area contributed by atoms with Gasteiger partial charge in [0.2, 0.25) is 5.13 Å². The highest BCUT2D eigenvalue weighted by Crippen LogP contribution is 2.22. The molecule has 0 aliphatic heterocycles. The number of hydrogen-bond acceptors (Lipinski definition) is 5. The number of ether oxygens (including phenoxy) is 1. The Morgan fingerprint density at radius 3 is 2.65 bits per heavy atom. The number of amides is 1. The number of benzene rings is 1. The number of aromatic nitrogens is 2. The van der Waals surface area contributed by atoms with Crippen molar-refractivity contribution in [2.24, 2.45) is 0 Å². The number of halogens is 1. The molecule has 1 aromatic carbocycles. The van der Waals surface area contributed by atoms with Crippen LogP contribution in [-0.4, -0.2) is 22.7 Å². The molecule has 0 unspecified atom stereocenters. The number of nitrogens with one attached hydrogen (secondary N) is 1. The summed E-state index contributed by atoms with van der Waals surface area (Å²) in [5.41, 5.74) is 0. The molecule has 2 aromatic rings. The lowest BCUT2D eigenvalue weighted by Gasteiger charge is -2.05. The van der Waals surface area contributed by atoms with Gasteiger partial charge >= 0.3 is 0 Å². The van der Waals surface area contributed by atoms with E-state index in [1.807, 2.05) is 13.8 Å². The number of hydrogen-bond donors (Lipinski definition) is 1. The van der Waals surface area contributed by atoms with Gasteiger partial charge in [-0.2, -0.15) is 0 Å². The summed E-state index contributed by atoms with van der Waals surface area (Å²) in [5, 5.41) is 12.6. The summed E-state index contributed by atoms with van der Waals surface area (Å²) >= 11 is 7.13. The van der Waals surface area contributed by atoms with Crippen molar-refractivity contribution in [3.8, 4) is 5.75 Å². The standard InChI is InChI=1S/C13H14ClN3O2S/c1-8(2)12-16-17-13(20-12)15-11(18)7-19-10-5-3-9(14)4-6-10/h3-6,8H,7H2,1-2H3,(H,15,17,18). The molecule has 1 aromatic heterocycles. The van der Waals surface area contributed by atoms with Crippen LogP contribution in [0.4, 0.5) is 5.13 Å². The highest BCUT2D eigenvalue weighted by atomic mass is 35.5. The normalized spacial score (nSPS) is 10.6. The van der Waals surface area contributed by atoms with E-state index < -0.39 is 0 Å². The summed E-state index contributed by atoms with van der Waals surface area (Å²) in [7, 11) is 0. The lowest BCUT2D eigenvalue weighted by Crippen LogP contribution is -2.20. The lowest BCUT2D eigenvalue weighted by molar-refractivity contribution is -0.118. The summed E-state index contributed by atoms with van der Waals surface area (Å²) in [6.07, 6.45) is 0. The van der Waals surface area contributed by atoms with Crippen LogP contribution in [0.2, 0.25) is 5.02 Å². The minimum absolute atomic E-state index is 0.0851. The van der Waals surface area contributed by atoms with Crippen molar-refractivity contribution >= 4 is 34.0 Å². The van der Waals surface area contributed by atoms with Crippen LogP contribution in [0, 0.1) is 0 Å². The molecule has 0 aliphatic rings. The highest BCUT2D eigenvalue weighted by molar-refractivity contribution is 7.15. The van der Waals surface area contributed by atoms with Crippen LogP contribution in [0.3, 0.4) is 0 Å². The number of rotatable bonds is 5. The fourth-order valence-corrected chi connectivity index (χ4v) is 2.24. The average molecular weight is 312 g/mol. The second-order valence-electron chi connectivity index (χ2n) is 4.39. The Hall–Kier alpha value is -1.66. The summed E-state index contributed by atoms with van der Waals surface area (Å²) in [5.74, 6) is 0.611. The Bertz CT molecular complexity index is 584.